The molecule has 2 N–H and O–H groups in total. The lowest BCUT2D eigenvalue weighted by Crippen LogP contribution is -2.33. The minimum atomic E-state index is -0.204. The van der Waals surface area contributed by atoms with Crippen LogP contribution in [0.5, 0.6) is 0 Å². The van der Waals surface area contributed by atoms with Crippen LogP contribution in [0.25, 0.3) is 10.2 Å². The van der Waals surface area contributed by atoms with Gasteiger partial charge < -0.3 is 5.32 Å². The normalized spacial score (nSPS) is 15.4. The summed E-state index contributed by atoms with van der Waals surface area (Å²) in [7, 11) is 0. The SMILES string of the molecule is N#Cc1ccc2nc(NC(=O)NCC3CCCCC3)sc2c1. The molecule has 114 valence electrons. The fourth-order valence-electron chi connectivity index (χ4n) is 2.82. The van der Waals surface area contributed by atoms with E-state index in [1.807, 2.05) is 0 Å². The Labute approximate surface area is 133 Å². The maximum Gasteiger partial charge on any atom is 0.321 e. The molecule has 0 aliphatic heterocycles. The summed E-state index contributed by atoms with van der Waals surface area (Å²) in [5, 5.41) is 15.2. The molecule has 0 saturated heterocycles. The van der Waals surface area contributed by atoms with Crippen molar-refractivity contribution < 1.29 is 4.79 Å². The molecule has 1 aromatic carbocycles. The third kappa shape index (κ3) is 3.55. The van der Waals surface area contributed by atoms with E-state index in [2.05, 4.69) is 21.7 Å². The number of nitriles is 1. The lowest BCUT2D eigenvalue weighted by molar-refractivity contribution is 0.247. The van der Waals surface area contributed by atoms with Gasteiger partial charge in [0.1, 0.15) is 0 Å². The zero-order valence-electron chi connectivity index (χ0n) is 12.3. The van der Waals surface area contributed by atoms with E-state index in [9.17, 15) is 4.79 Å². The first-order valence-electron chi connectivity index (χ1n) is 7.60. The van der Waals surface area contributed by atoms with Gasteiger partial charge >= 0.3 is 6.03 Å². The van der Waals surface area contributed by atoms with Crippen molar-refractivity contribution in [1.29, 1.82) is 5.26 Å². The molecule has 1 aliphatic carbocycles. The molecular formula is C16H18N4OS. The molecule has 1 fully saturated rings. The van der Waals surface area contributed by atoms with Gasteiger partial charge in [-0.05, 0) is 37.0 Å². The van der Waals surface area contributed by atoms with Crippen LogP contribution >= 0.6 is 11.3 Å². The van der Waals surface area contributed by atoms with Gasteiger partial charge in [0.25, 0.3) is 0 Å². The maximum absolute atomic E-state index is 11.9. The fraction of sp³-hybridized carbons (Fsp3) is 0.438. The summed E-state index contributed by atoms with van der Waals surface area (Å²) in [5.74, 6) is 0.605. The molecule has 1 aliphatic rings. The van der Waals surface area contributed by atoms with E-state index in [0.29, 0.717) is 16.6 Å². The third-order valence-corrected chi connectivity index (χ3v) is 4.95. The smallest absolute Gasteiger partial charge is 0.321 e. The molecule has 1 aromatic heterocycles. The Hall–Kier alpha value is -2.13. The Balaban J connectivity index is 1.58. The number of carbonyl (C=O) groups excluding carboxylic acids is 1. The summed E-state index contributed by atoms with van der Waals surface area (Å²) >= 11 is 1.38. The minimum absolute atomic E-state index is 0.204. The second-order valence-corrected chi connectivity index (χ2v) is 6.68. The standard InChI is InChI=1S/C16H18N4OS/c17-9-12-6-7-13-14(8-12)22-16(19-13)20-15(21)18-10-11-4-2-1-3-5-11/h6-8,11H,1-5,10H2,(H2,18,19,20,21). The van der Waals surface area contributed by atoms with Crippen LogP contribution in [-0.2, 0) is 0 Å². The number of urea groups is 1. The Kier molecular flexibility index (Phi) is 4.54. The van der Waals surface area contributed by atoms with Gasteiger partial charge in [0.05, 0.1) is 21.8 Å². The van der Waals surface area contributed by atoms with E-state index in [4.69, 9.17) is 5.26 Å². The highest BCUT2D eigenvalue weighted by atomic mass is 32.1. The Morgan fingerprint density at radius 2 is 2.18 bits per heavy atom. The molecule has 1 heterocycles. The summed E-state index contributed by atoms with van der Waals surface area (Å²) in [6, 6.07) is 7.22. The predicted octanol–water partition coefficient (Wildman–Crippen LogP) is 3.87. The van der Waals surface area contributed by atoms with E-state index in [1.165, 1.54) is 43.4 Å². The number of fused-ring (bicyclic) bond motifs is 1. The lowest BCUT2D eigenvalue weighted by Gasteiger charge is -2.21. The summed E-state index contributed by atoms with van der Waals surface area (Å²) < 4.78 is 0.904. The van der Waals surface area contributed by atoms with Gasteiger partial charge in [0.2, 0.25) is 0 Å². The summed E-state index contributed by atoms with van der Waals surface area (Å²) in [4.78, 5) is 16.3. The summed E-state index contributed by atoms with van der Waals surface area (Å²) in [6.45, 7) is 0.731. The molecule has 5 nitrogen and oxygen atoms in total. The number of anilines is 1. The second kappa shape index (κ2) is 6.75. The van der Waals surface area contributed by atoms with Crippen molar-refractivity contribution in [1.82, 2.24) is 10.3 Å². The van der Waals surface area contributed by atoms with Crippen LogP contribution < -0.4 is 10.6 Å². The molecule has 0 radical (unpaired) electrons. The number of carbonyl (C=O) groups is 1. The number of hydrogen-bond acceptors (Lipinski definition) is 4. The number of benzene rings is 1. The number of rotatable bonds is 3. The van der Waals surface area contributed by atoms with Crippen LogP contribution in [0, 0.1) is 17.2 Å². The minimum Gasteiger partial charge on any atom is -0.338 e. The molecule has 0 spiro atoms. The average molecular weight is 314 g/mol. The Morgan fingerprint density at radius 1 is 1.36 bits per heavy atom. The van der Waals surface area contributed by atoms with Gasteiger partial charge in [-0.25, -0.2) is 9.78 Å². The molecule has 6 heteroatoms. The van der Waals surface area contributed by atoms with Gasteiger partial charge in [-0.2, -0.15) is 5.26 Å². The van der Waals surface area contributed by atoms with Gasteiger partial charge in [-0.15, -0.1) is 0 Å². The molecular weight excluding hydrogens is 296 g/mol. The lowest BCUT2D eigenvalue weighted by atomic mass is 9.89. The second-order valence-electron chi connectivity index (χ2n) is 5.65. The monoisotopic (exact) mass is 314 g/mol. The topological polar surface area (TPSA) is 77.8 Å². The third-order valence-electron chi connectivity index (χ3n) is 4.01. The van der Waals surface area contributed by atoms with Gasteiger partial charge in [0.15, 0.2) is 5.13 Å². The molecule has 22 heavy (non-hydrogen) atoms. The number of nitrogens with zero attached hydrogens (tertiary/aromatic N) is 2. The van der Waals surface area contributed by atoms with Crippen molar-refractivity contribution in [2.24, 2.45) is 5.92 Å². The van der Waals surface area contributed by atoms with Crippen LogP contribution in [0.3, 0.4) is 0 Å². The first-order chi connectivity index (χ1) is 10.7. The van der Waals surface area contributed by atoms with Crippen LogP contribution in [0.15, 0.2) is 18.2 Å². The van der Waals surface area contributed by atoms with Gasteiger partial charge in [0, 0.05) is 6.54 Å². The van der Waals surface area contributed by atoms with Crippen molar-refractivity contribution in [2.75, 3.05) is 11.9 Å². The molecule has 3 rings (SSSR count). The van der Waals surface area contributed by atoms with Crippen molar-refractivity contribution in [3.63, 3.8) is 0 Å². The van der Waals surface area contributed by atoms with Crippen LogP contribution in [0.2, 0.25) is 0 Å². The predicted molar refractivity (Wildman–Crippen MR) is 87.9 cm³/mol. The summed E-state index contributed by atoms with van der Waals surface area (Å²) in [6.07, 6.45) is 6.27. The van der Waals surface area contributed by atoms with Crippen LogP contribution in [-0.4, -0.2) is 17.6 Å². The van der Waals surface area contributed by atoms with Gasteiger partial charge in [-0.3, -0.25) is 5.32 Å². The van der Waals surface area contributed by atoms with Crippen molar-refractivity contribution in [2.45, 2.75) is 32.1 Å². The largest absolute Gasteiger partial charge is 0.338 e. The Bertz CT molecular complexity index is 712. The van der Waals surface area contributed by atoms with Crippen LogP contribution in [0.1, 0.15) is 37.7 Å². The highest BCUT2D eigenvalue weighted by Gasteiger charge is 2.15. The zero-order valence-corrected chi connectivity index (χ0v) is 13.1. The van der Waals surface area contributed by atoms with Crippen LogP contribution in [0.4, 0.5) is 9.93 Å². The van der Waals surface area contributed by atoms with E-state index < -0.39 is 0 Å². The first kappa shape index (κ1) is 14.8. The quantitative estimate of drug-likeness (QED) is 0.902. The van der Waals surface area contributed by atoms with E-state index in [1.54, 1.807) is 18.2 Å². The number of thiazole rings is 1. The van der Waals surface area contributed by atoms with E-state index >= 15 is 0 Å². The Morgan fingerprint density at radius 3 is 2.95 bits per heavy atom. The zero-order chi connectivity index (χ0) is 15.4. The van der Waals surface area contributed by atoms with Crippen molar-refractivity contribution >= 4 is 32.7 Å². The van der Waals surface area contributed by atoms with Crippen molar-refractivity contribution in [3.8, 4) is 6.07 Å². The summed E-state index contributed by atoms with van der Waals surface area (Å²) in [5.41, 5.74) is 1.40. The first-order valence-corrected chi connectivity index (χ1v) is 8.42. The number of amides is 2. The highest BCUT2D eigenvalue weighted by Crippen LogP contribution is 2.27. The van der Waals surface area contributed by atoms with Crippen molar-refractivity contribution in [3.05, 3.63) is 23.8 Å². The van der Waals surface area contributed by atoms with E-state index in [0.717, 1.165) is 16.8 Å². The molecule has 0 unspecified atom stereocenters. The highest BCUT2D eigenvalue weighted by molar-refractivity contribution is 7.22. The fourth-order valence-corrected chi connectivity index (χ4v) is 3.72. The molecule has 2 amide bonds. The molecule has 0 bridgehead atoms. The number of aromatic nitrogens is 1. The maximum atomic E-state index is 11.9. The number of hydrogen-bond donors (Lipinski definition) is 2. The molecule has 1 saturated carbocycles. The van der Waals surface area contributed by atoms with Gasteiger partial charge in [-0.1, -0.05) is 30.6 Å². The molecule has 2 aromatic rings. The van der Waals surface area contributed by atoms with E-state index in [-0.39, 0.29) is 6.03 Å². The number of nitrogens with one attached hydrogen (secondary N) is 2. The molecule has 0 atom stereocenters. The average Bonchev–Trinajstić information content (AvgIpc) is 2.95.